The van der Waals surface area contributed by atoms with Crippen LogP contribution in [0.4, 0.5) is 10.5 Å². The summed E-state index contributed by atoms with van der Waals surface area (Å²) in [6, 6.07) is 2.41. The molecule has 2 amide bonds. The fourth-order valence-electron chi connectivity index (χ4n) is 1.95. The molecule has 5 nitrogen and oxygen atoms in total. The number of urea groups is 1. The van der Waals surface area contributed by atoms with Gasteiger partial charge in [-0.15, -0.1) is 0 Å². The molecule has 0 aliphatic carbocycles. The molecule has 0 aliphatic rings. The fraction of sp³-hybridized carbons (Fsp3) is 0.429. The zero-order chi connectivity index (χ0) is 16.2. The van der Waals surface area contributed by atoms with Gasteiger partial charge in [-0.3, -0.25) is 4.79 Å². The van der Waals surface area contributed by atoms with Crippen molar-refractivity contribution in [1.82, 2.24) is 4.90 Å². The number of carboxylic acids is 1. The van der Waals surface area contributed by atoms with Gasteiger partial charge in [0.05, 0.1) is 17.1 Å². The third-order valence-corrected chi connectivity index (χ3v) is 3.81. The highest BCUT2D eigenvalue weighted by Crippen LogP contribution is 2.29. The second kappa shape index (κ2) is 7.52. The SMILES string of the molecule is CCN(C(=O)Nc1cc(Cl)c(C)cc1Cl)C(C)CC(=O)O. The molecule has 0 saturated carbocycles. The molecule has 0 saturated heterocycles. The van der Waals surface area contributed by atoms with E-state index in [-0.39, 0.29) is 6.42 Å². The summed E-state index contributed by atoms with van der Waals surface area (Å²) in [5.74, 6) is -0.954. The monoisotopic (exact) mass is 332 g/mol. The number of carbonyl (C=O) groups excluding carboxylic acids is 1. The third-order valence-electron chi connectivity index (χ3n) is 3.09. The van der Waals surface area contributed by atoms with Gasteiger partial charge in [0, 0.05) is 17.6 Å². The van der Waals surface area contributed by atoms with Crippen LogP contribution in [-0.4, -0.2) is 34.6 Å². The van der Waals surface area contributed by atoms with Gasteiger partial charge >= 0.3 is 12.0 Å². The number of carbonyl (C=O) groups is 2. The molecular weight excluding hydrogens is 315 g/mol. The van der Waals surface area contributed by atoms with E-state index in [1.165, 1.54) is 4.90 Å². The predicted molar refractivity (Wildman–Crippen MR) is 84.3 cm³/mol. The van der Waals surface area contributed by atoms with Crippen LogP contribution in [0.25, 0.3) is 0 Å². The number of nitrogens with one attached hydrogen (secondary N) is 1. The highest BCUT2D eigenvalue weighted by atomic mass is 35.5. The molecule has 116 valence electrons. The maximum absolute atomic E-state index is 12.2. The lowest BCUT2D eigenvalue weighted by Crippen LogP contribution is -2.42. The first kappa shape index (κ1) is 17.6. The second-order valence-electron chi connectivity index (χ2n) is 4.74. The van der Waals surface area contributed by atoms with Crippen molar-refractivity contribution < 1.29 is 14.7 Å². The number of amides is 2. The molecule has 1 aromatic carbocycles. The van der Waals surface area contributed by atoms with Crippen molar-refractivity contribution in [3.63, 3.8) is 0 Å². The summed E-state index contributed by atoms with van der Waals surface area (Å²) >= 11 is 12.1. The van der Waals surface area contributed by atoms with E-state index in [0.717, 1.165) is 5.56 Å². The molecule has 0 radical (unpaired) electrons. The van der Waals surface area contributed by atoms with Gasteiger partial charge in [-0.2, -0.15) is 0 Å². The van der Waals surface area contributed by atoms with E-state index in [4.69, 9.17) is 28.3 Å². The lowest BCUT2D eigenvalue weighted by atomic mass is 10.2. The van der Waals surface area contributed by atoms with Gasteiger partial charge in [-0.05, 0) is 38.5 Å². The Hall–Kier alpha value is -1.46. The minimum absolute atomic E-state index is 0.121. The highest BCUT2D eigenvalue weighted by Gasteiger charge is 2.21. The summed E-state index contributed by atoms with van der Waals surface area (Å²) in [5.41, 5.74) is 1.21. The van der Waals surface area contributed by atoms with Gasteiger partial charge < -0.3 is 15.3 Å². The smallest absolute Gasteiger partial charge is 0.322 e. The Labute approximate surface area is 133 Å². The first-order valence-electron chi connectivity index (χ1n) is 6.51. The van der Waals surface area contributed by atoms with Crippen molar-refractivity contribution in [1.29, 1.82) is 0 Å². The number of hydrogen-bond donors (Lipinski definition) is 2. The molecule has 7 heteroatoms. The van der Waals surface area contributed by atoms with Crippen LogP contribution in [0, 0.1) is 6.92 Å². The van der Waals surface area contributed by atoms with Crippen LogP contribution in [0.15, 0.2) is 12.1 Å². The first-order valence-corrected chi connectivity index (χ1v) is 7.26. The molecule has 0 aliphatic heterocycles. The summed E-state index contributed by atoms with van der Waals surface area (Å²) < 4.78 is 0. The van der Waals surface area contributed by atoms with Gasteiger partial charge in [0.1, 0.15) is 0 Å². The zero-order valence-corrected chi connectivity index (χ0v) is 13.6. The van der Waals surface area contributed by atoms with E-state index < -0.39 is 18.0 Å². The third kappa shape index (κ3) is 4.79. The quantitative estimate of drug-likeness (QED) is 0.855. The summed E-state index contributed by atoms with van der Waals surface area (Å²) in [7, 11) is 0. The molecule has 1 atom stereocenters. The Kier molecular flexibility index (Phi) is 6.30. The lowest BCUT2D eigenvalue weighted by molar-refractivity contribution is -0.137. The van der Waals surface area contributed by atoms with Crippen molar-refractivity contribution in [2.75, 3.05) is 11.9 Å². The number of rotatable bonds is 5. The van der Waals surface area contributed by atoms with Crippen molar-refractivity contribution in [2.24, 2.45) is 0 Å². The summed E-state index contributed by atoms with van der Waals surface area (Å²) in [6.45, 7) is 5.66. The van der Waals surface area contributed by atoms with Crippen LogP contribution in [0.1, 0.15) is 25.8 Å². The number of benzene rings is 1. The van der Waals surface area contributed by atoms with E-state index in [2.05, 4.69) is 5.32 Å². The van der Waals surface area contributed by atoms with Gasteiger partial charge in [-0.25, -0.2) is 4.79 Å². The normalized spacial score (nSPS) is 11.9. The van der Waals surface area contributed by atoms with E-state index in [1.54, 1.807) is 26.0 Å². The highest BCUT2D eigenvalue weighted by molar-refractivity contribution is 6.36. The Morgan fingerprint density at radius 1 is 1.33 bits per heavy atom. The predicted octanol–water partition coefficient (Wildman–Crippen LogP) is 4.02. The van der Waals surface area contributed by atoms with Crippen molar-refractivity contribution in [2.45, 2.75) is 33.2 Å². The average molecular weight is 333 g/mol. The summed E-state index contributed by atoms with van der Waals surface area (Å²) in [5, 5.41) is 12.4. The number of aryl methyl sites for hydroxylation is 1. The van der Waals surface area contributed by atoms with Gasteiger partial charge in [0.2, 0.25) is 0 Å². The standard InChI is InChI=1S/C14H18Cl2N2O3/c1-4-18(9(3)6-13(19)20)14(21)17-12-7-10(15)8(2)5-11(12)16/h5,7,9H,4,6H2,1-3H3,(H,17,21)(H,19,20). The second-order valence-corrected chi connectivity index (χ2v) is 5.56. The van der Waals surface area contributed by atoms with Crippen LogP contribution in [0.3, 0.4) is 0 Å². The van der Waals surface area contributed by atoms with E-state index in [0.29, 0.717) is 22.3 Å². The fourth-order valence-corrected chi connectivity index (χ4v) is 2.38. The van der Waals surface area contributed by atoms with Crippen molar-refractivity contribution in [3.8, 4) is 0 Å². The molecule has 1 unspecified atom stereocenters. The van der Waals surface area contributed by atoms with Crippen LogP contribution in [0.5, 0.6) is 0 Å². The van der Waals surface area contributed by atoms with E-state index in [9.17, 15) is 9.59 Å². The topological polar surface area (TPSA) is 69.6 Å². The maximum Gasteiger partial charge on any atom is 0.322 e. The largest absolute Gasteiger partial charge is 0.481 e. The number of aliphatic carboxylic acids is 1. The van der Waals surface area contributed by atoms with Crippen molar-refractivity contribution >= 4 is 40.9 Å². The summed E-state index contributed by atoms with van der Waals surface area (Å²) in [4.78, 5) is 24.4. The number of halogens is 2. The minimum Gasteiger partial charge on any atom is -0.481 e. The number of anilines is 1. The Morgan fingerprint density at radius 3 is 2.48 bits per heavy atom. The van der Waals surface area contributed by atoms with Gasteiger partial charge in [0.25, 0.3) is 0 Å². The number of carboxylic acid groups (broad SMARTS) is 1. The molecule has 21 heavy (non-hydrogen) atoms. The Bertz CT molecular complexity index is 549. The van der Waals surface area contributed by atoms with Crippen LogP contribution in [-0.2, 0) is 4.79 Å². The molecule has 0 aromatic heterocycles. The number of hydrogen-bond acceptors (Lipinski definition) is 2. The molecular formula is C14H18Cl2N2O3. The average Bonchev–Trinajstić information content (AvgIpc) is 2.35. The molecule has 0 fully saturated rings. The lowest BCUT2D eigenvalue weighted by Gasteiger charge is -2.27. The van der Waals surface area contributed by atoms with Gasteiger partial charge in [0.15, 0.2) is 0 Å². The maximum atomic E-state index is 12.2. The Balaban J connectivity index is 2.88. The zero-order valence-electron chi connectivity index (χ0n) is 12.1. The van der Waals surface area contributed by atoms with E-state index >= 15 is 0 Å². The van der Waals surface area contributed by atoms with Gasteiger partial charge in [-0.1, -0.05) is 23.2 Å². The van der Waals surface area contributed by atoms with Crippen LogP contribution < -0.4 is 5.32 Å². The van der Waals surface area contributed by atoms with E-state index in [1.807, 2.05) is 6.92 Å². The molecule has 0 heterocycles. The minimum atomic E-state index is -0.954. The van der Waals surface area contributed by atoms with Crippen LogP contribution in [0.2, 0.25) is 10.0 Å². The molecule has 1 rings (SSSR count). The Morgan fingerprint density at radius 2 is 1.95 bits per heavy atom. The molecule has 0 bridgehead atoms. The summed E-state index contributed by atoms with van der Waals surface area (Å²) in [6.07, 6.45) is -0.121. The first-order chi connectivity index (χ1) is 9.76. The molecule has 1 aromatic rings. The molecule has 0 spiro atoms. The van der Waals surface area contributed by atoms with Crippen molar-refractivity contribution in [3.05, 3.63) is 27.7 Å². The molecule has 2 N–H and O–H groups in total. The number of nitrogens with zero attached hydrogens (tertiary/aromatic N) is 1. The van der Waals surface area contributed by atoms with Crippen LogP contribution >= 0.6 is 23.2 Å².